The molecule has 0 saturated carbocycles. The van der Waals surface area contributed by atoms with Gasteiger partial charge in [0.15, 0.2) is 6.10 Å². The molecule has 6 nitrogen and oxygen atoms in total. The SMILES string of the molecule is CCCCN1C(=O)CC[C@H](C(=O)O[C@@H](C)C#N)[C@@H]1c1ccc(OC)cc1. The van der Waals surface area contributed by atoms with E-state index in [-0.39, 0.29) is 11.9 Å². The van der Waals surface area contributed by atoms with Crippen LogP contribution >= 0.6 is 0 Å². The zero-order valence-corrected chi connectivity index (χ0v) is 15.6. The van der Waals surface area contributed by atoms with Crippen molar-refractivity contribution in [3.63, 3.8) is 0 Å². The van der Waals surface area contributed by atoms with E-state index in [0.717, 1.165) is 18.4 Å². The van der Waals surface area contributed by atoms with Crippen LogP contribution in [0.15, 0.2) is 24.3 Å². The van der Waals surface area contributed by atoms with Crippen LogP contribution in [0.4, 0.5) is 0 Å². The molecular formula is C20H26N2O4. The van der Waals surface area contributed by atoms with Crippen LogP contribution in [0.25, 0.3) is 0 Å². The molecule has 1 fully saturated rings. The summed E-state index contributed by atoms with van der Waals surface area (Å²) in [5, 5.41) is 8.93. The average molecular weight is 358 g/mol. The number of hydrogen-bond acceptors (Lipinski definition) is 5. The third kappa shape index (κ3) is 4.54. The molecule has 0 aliphatic carbocycles. The lowest BCUT2D eigenvalue weighted by atomic mass is 9.84. The number of carbonyl (C=O) groups is 2. The van der Waals surface area contributed by atoms with Crippen molar-refractivity contribution >= 4 is 11.9 Å². The Kier molecular flexibility index (Phi) is 7.02. The molecule has 1 aliphatic heterocycles. The first kappa shape index (κ1) is 19.8. The van der Waals surface area contributed by atoms with Crippen LogP contribution in [0.3, 0.4) is 0 Å². The van der Waals surface area contributed by atoms with Gasteiger partial charge in [0.25, 0.3) is 0 Å². The van der Waals surface area contributed by atoms with E-state index in [9.17, 15) is 9.59 Å². The summed E-state index contributed by atoms with van der Waals surface area (Å²) in [7, 11) is 1.59. The molecule has 1 amide bonds. The van der Waals surface area contributed by atoms with E-state index in [1.165, 1.54) is 0 Å². The van der Waals surface area contributed by atoms with Crippen LogP contribution < -0.4 is 4.74 Å². The molecular weight excluding hydrogens is 332 g/mol. The van der Waals surface area contributed by atoms with E-state index in [1.807, 2.05) is 30.3 Å². The van der Waals surface area contributed by atoms with Crippen LogP contribution in [-0.4, -0.2) is 36.5 Å². The van der Waals surface area contributed by atoms with Crippen molar-refractivity contribution in [1.82, 2.24) is 4.90 Å². The number of rotatable bonds is 7. The molecule has 1 heterocycles. The first-order chi connectivity index (χ1) is 12.5. The number of unbranched alkanes of at least 4 members (excludes halogenated alkanes) is 1. The predicted octanol–water partition coefficient (Wildman–Crippen LogP) is 3.23. The van der Waals surface area contributed by atoms with Gasteiger partial charge in [0.2, 0.25) is 5.91 Å². The lowest BCUT2D eigenvalue weighted by Crippen LogP contribution is -2.46. The first-order valence-electron chi connectivity index (χ1n) is 9.05. The minimum Gasteiger partial charge on any atom is -0.497 e. The molecule has 1 aliphatic rings. The molecule has 0 radical (unpaired) electrons. The van der Waals surface area contributed by atoms with Crippen LogP contribution in [0, 0.1) is 17.2 Å². The Hall–Kier alpha value is -2.55. The Morgan fingerprint density at radius 2 is 2.08 bits per heavy atom. The van der Waals surface area contributed by atoms with Gasteiger partial charge in [-0.05, 0) is 37.5 Å². The monoisotopic (exact) mass is 358 g/mol. The highest BCUT2D eigenvalue weighted by atomic mass is 16.5. The number of nitriles is 1. The molecule has 0 aromatic heterocycles. The molecule has 0 unspecified atom stereocenters. The van der Waals surface area contributed by atoms with E-state index in [2.05, 4.69) is 6.92 Å². The smallest absolute Gasteiger partial charge is 0.312 e. The van der Waals surface area contributed by atoms with Gasteiger partial charge >= 0.3 is 5.97 Å². The Morgan fingerprint density at radius 3 is 2.65 bits per heavy atom. The summed E-state index contributed by atoms with van der Waals surface area (Å²) in [6, 6.07) is 8.96. The van der Waals surface area contributed by atoms with Crippen LogP contribution in [0.2, 0.25) is 0 Å². The van der Waals surface area contributed by atoms with Crippen LogP contribution in [0.5, 0.6) is 5.75 Å². The van der Waals surface area contributed by atoms with Gasteiger partial charge in [-0.3, -0.25) is 9.59 Å². The number of benzene rings is 1. The molecule has 1 aromatic rings. The largest absolute Gasteiger partial charge is 0.497 e. The zero-order chi connectivity index (χ0) is 19.1. The Balaban J connectivity index is 2.35. The lowest BCUT2D eigenvalue weighted by molar-refractivity contribution is -0.159. The number of hydrogen-bond donors (Lipinski definition) is 0. The van der Waals surface area contributed by atoms with E-state index in [0.29, 0.717) is 25.1 Å². The Labute approximate surface area is 154 Å². The number of methoxy groups -OCH3 is 1. The molecule has 1 saturated heterocycles. The fourth-order valence-corrected chi connectivity index (χ4v) is 3.29. The molecule has 3 atom stereocenters. The third-order valence-electron chi connectivity index (χ3n) is 4.69. The normalized spacial score (nSPS) is 21.0. The molecule has 0 bridgehead atoms. The fraction of sp³-hybridized carbons (Fsp3) is 0.550. The van der Waals surface area contributed by atoms with Crippen LogP contribution in [0.1, 0.15) is 51.1 Å². The van der Waals surface area contributed by atoms with Gasteiger partial charge in [-0.1, -0.05) is 25.5 Å². The summed E-state index contributed by atoms with van der Waals surface area (Å²) in [6.07, 6.45) is 1.77. The zero-order valence-electron chi connectivity index (χ0n) is 15.6. The number of esters is 1. The van der Waals surface area contributed by atoms with Gasteiger partial charge in [0.1, 0.15) is 11.8 Å². The van der Waals surface area contributed by atoms with E-state index >= 15 is 0 Å². The topological polar surface area (TPSA) is 79.6 Å². The number of piperidine rings is 1. The maximum absolute atomic E-state index is 12.7. The summed E-state index contributed by atoms with van der Waals surface area (Å²) >= 11 is 0. The van der Waals surface area contributed by atoms with Crippen molar-refractivity contribution < 1.29 is 19.1 Å². The van der Waals surface area contributed by atoms with E-state index < -0.39 is 18.0 Å². The maximum Gasteiger partial charge on any atom is 0.312 e. The molecule has 6 heteroatoms. The van der Waals surface area contributed by atoms with Gasteiger partial charge in [0, 0.05) is 13.0 Å². The lowest BCUT2D eigenvalue weighted by Gasteiger charge is -2.40. The highest BCUT2D eigenvalue weighted by molar-refractivity contribution is 5.82. The number of ether oxygens (including phenoxy) is 2. The second kappa shape index (κ2) is 9.23. The second-order valence-corrected chi connectivity index (χ2v) is 6.51. The quantitative estimate of drug-likeness (QED) is 0.699. The fourth-order valence-electron chi connectivity index (χ4n) is 3.29. The standard InChI is InChI=1S/C20H26N2O4/c1-4-5-12-22-18(23)11-10-17(20(24)26-14(2)13-21)19(22)15-6-8-16(25-3)9-7-15/h6-9,14,17,19H,4-5,10-12H2,1-3H3/t14-,17-,19-/m0/s1. The number of nitrogens with zero attached hydrogens (tertiary/aromatic N) is 2. The Morgan fingerprint density at radius 1 is 1.38 bits per heavy atom. The minimum atomic E-state index is -0.805. The van der Waals surface area contributed by atoms with Gasteiger partial charge in [0.05, 0.1) is 19.1 Å². The number of carbonyl (C=O) groups excluding carboxylic acids is 2. The highest BCUT2D eigenvalue weighted by Gasteiger charge is 2.41. The van der Waals surface area contributed by atoms with E-state index in [1.54, 1.807) is 18.9 Å². The molecule has 1 aromatic carbocycles. The molecule has 0 N–H and O–H groups in total. The van der Waals surface area contributed by atoms with Crippen LogP contribution in [-0.2, 0) is 14.3 Å². The van der Waals surface area contributed by atoms with Crippen molar-refractivity contribution in [2.24, 2.45) is 5.92 Å². The minimum absolute atomic E-state index is 0.0525. The van der Waals surface area contributed by atoms with Crippen molar-refractivity contribution in [2.75, 3.05) is 13.7 Å². The summed E-state index contributed by atoms with van der Waals surface area (Å²) in [4.78, 5) is 27.0. The predicted molar refractivity (Wildman–Crippen MR) is 96.2 cm³/mol. The van der Waals surface area contributed by atoms with E-state index in [4.69, 9.17) is 14.7 Å². The van der Waals surface area contributed by atoms with Gasteiger partial charge in [-0.2, -0.15) is 5.26 Å². The molecule has 0 spiro atoms. The van der Waals surface area contributed by atoms with Crippen molar-refractivity contribution in [3.05, 3.63) is 29.8 Å². The van der Waals surface area contributed by atoms with Crippen molar-refractivity contribution in [1.29, 1.82) is 5.26 Å². The molecule has 140 valence electrons. The van der Waals surface area contributed by atoms with Gasteiger partial charge in [-0.15, -0.1) is 0 Å². The summed E-state index contributed by atoms with van der Waals surface area (Å²) in [5.41, 5.74) is 0.876. The number of amides is 1. The number of likely N-dealkylation sites (tertiary alicyclic amines) is 1. The summed E-state index contributed by atoms with van der Waals surface area (Å²) in [5.74, 6) is -0.132. The van der Waals surface area contributed by atoms with Crippen molar-refractivity contribution in [3.8, 4) is 11.8 Å². The maximum atomic E-state index is 12.7. The Bertz CT molecular complexity index is 665. The summed E-state index contributed by atoms with van der Waals surface area (Å²) < 4.78 is 10.5. The molecule has 26 heavy (non-hydrogen) atoms. The van der Waals surface area contributed by atoms with Crippen molar-refractivity contribution in [2.45, 2.75) is 51.7 Å². The first-order valence-corrected chi connectivity index (χ1v) is 9.05. The second-order valence-electron chi connectivity index (χ2n) is 6.51. The summed E-state index contributed by atoms with van der Waals surface area (Å²) in [6.45, 7) is 4.21. The third-order valence-corrected chi connectivity index (χ3v) is 4.69. The average Bonchev–Trinajstić information content (AvgIpc) is 2.66. The van der Waals surface area contributed by atoms with Gasteiger partial charge in [-0.25, -0.2) is 0 Å². The molecule has 2 rings (SSSR count). The highest BCUT2D eigenvalue weighted by Crippen LogP contribution is 2.38. The van der Waals surface area contributed by atoms with Gasteiger partial charge < -0.3 is 14.4 Å².